The van der Waals surface area contributed by atoms with Crippen LogP contribution in [0.4, 0.5) is 8.78 Å². The minimum Gasteiger partial charge on any atom is -0.474 e. The normalized spacial score (nSPS) is 17.5. The maximum atomic E-state index is 13.7. The van der Waals surface area contributed by atoms with E-state index in [2.05, 4.69) is 0 Å². The fourth-order valence-corrected chi connectivity index (χ4v) is 1.65. The van der Waals surface area contributed by atoms with Crippen LogP contribution in [0.2, 0.25) is 0 Å². The van der Waals surface area contributed by atoms with Gasteiger partial charge in [-0.3, -0.25) is 10.2 Å². The number of hydrazine groups is 1. The fourth-order valence-electron chi connectivity index (χ4n) is 1.65. The number of benzene rings is 1. The number of halogens is 2. The molecule has 0 atom stereocenters. The van der Waals surface area contributed by atoms with Crippen LogP contribution in [0.5, 0.6) is 0 Å². The van der Waals surface area contributed by atoms with Gasteiger partial charge in [-0.25, -0.2) is 4.79 Å². The second-order valence-corrected chi connectivity index (χ2v) is 3.53. The van der Waals surface area contributed by atoms with E-state index in [1.165, 1.54) is 18.2 Å². The number of nitrogens with one attached hydrogen (secondary N) is 1. The van der Waals surface area contributed by atoms with Gasteiger partial charge in [0, 0.05) is 12.1 Å². The van der Waals surface area contributed by atoms with Crippen molar-refractivity contribution in [3.05, 3.63) is 35.4 Å². The molecule has 1 amide bonds. The molecule has 1 aliphatic heterocycles. The highest BCUT2D eigenvalue weighted by atomic mass is 19.3. The number of aliphatic carboxylic acids is 1. The lowest BCUT2D eigenvalue weighted by Crippen LogP contribution is -2.49. The number of carboxylic acid groups (broad SMARTS) is 1. The first-order valence-electron chi connectivity index (χ1n) is 4.70. The lowest BCUT2D eigenvalue weighted by Gasteiger charge is -2.23. The van der Waals surface area contributed by atoms with Crippen molar-refractivity contribution in [2.45, 2.75) is 12.6 Å². The molecule has 0 saturated heterocycles. The smallest absolute Gasteiger partial charge is 0.395 e. The van der Waals surface area contributed by atoms with Crippen molar-refractivity contribution in [3.63, 3.8) is 0 Å². The van der Waals surface area contributed by atoms with Gasteiger partial charge >= 0.3 is 17.9 Å². The molecular formula is C10H8F2N2O3. The van der Waals surface area contributed by atoms with Gasteiger partial charge < -0.3 is 5.11 Å². The number of carbonyl (C=O) groups excluding carboxylic acids is 1. The van der Waals surface area contributed by atoms with E-state index < -0.39 is 17.9 Å². The maximum Gasteiger partial charge on any atom is 0.395 e. The number of fused-ring (bicyclic) bond motifs is 1. The molecule has 1 aliphatic rings. The molecule has 0 aromatic heterocycles. The number of carbonyl (C=O) groups is 2. The average Bonchev–Trinajstić information content (AvgIpc) is 2.51. The number of hydrogen-bond donors (Lipinski definition) is 2. The predicted octanol–water partition coefficient (Wildman–Crippen LogP) is 0.667. The van der Waals surface area contributed by atoms with Crippen LogP contribution < -0.4 is 5.43 Å². The van der Waals surface area contributed by atoms with Gasteiger partial charge in [-0.1, -0.05) is 24.3 Å². The topological polar surface area (TPSA) is 69.6 Å². The minimum atomic E-state index is -3.40. The van der Waals surface area contributed by atoms with Crippen LogP contribution in [-0.4, -0.2) is 22.0 Å². The second-order valence-electron chi connectivity index (χ2n) is 3.53. The van der Waals surface area contributed by atoms with Crippen LogP contribution in [-0.2, 0) is 22.2 Å². The van der Waals surface area contributed by atoms with Crippen molar-refractivity contribution in [1.29, 1.82) is 0 Å². The molecule has 0 aliphatic carbocycles. The first-order valence-corrected chi connectivity index (χ1v) is 4.70. The highest BCUT2D eigenvalue weighted by Crippen LogP contribution is 2.40. The summed E-state index contributed by atoms with van der Waals surface area (Å²) in [7, 11) is 0. The second kappa shape index (κ2) is 3.77. The third kappa shape index (κ3) is 1.84. The number of hydrogen-bond acceptors (Lipinski definition) is 3. The zero-order chi connectivity index (χ0) is 12.6. The first kappa shape index (κ1) is 11.5. The summed E-state index contributed by atoms with van der Waals surface area (Å²) in [5.74, 6) is -3.30. The molecule has 0 unspecified atom stereocenters. The summed E-state index contributed by atoms with van der Waals surface area (Å²) in [5.41, 5.74) is 1.78. The molecular weight excluding hydrogens is 234 g/mol. The van der Waals surface area contributed by atoms with Gasteiger partial charge in [-0.15, -0.1) is 5.01 Å². The van der Waals surface area contributed by atoms with Crippen molar-refractivity contribution >= 4 is 11.9 Å². The van der Waals surface area contributed by atoms with Crippen molar-refractivity contribution in [2.24, 2.45) is 0 Å². The minimum absolute atomic E-state index is 0.231. The lowest BCUT2D eigenvalue weighted by atomic mass is 10.1. The Bertz CT molecular complexity index is 490. The Morgan fingerprint density at radius 2 is 2.00 bits per heavy atom. The van der Waals surface area contributed by atoms with E-state index in [0.29, 0.717) is 10.6 Å². The van der Waals surface area contributed by atoms with Crippen LogP contribution in [0.15, 0.2) is 24.3 Å². The van der Waals surface area contributed by atoms with E-state index in [9.17, 15) is 18.4 Å². The summed E-state index contributed by atoms with van der Waals surface area (Å²) >= 11 is 0. The number of alkyl halides is 2. The van der Waals surface area contributed by atoms with Crippen LogP contribution in [0.1, 0.15) is 11.1 Å². The van der Waals surface area contributed by atoms with Gasteiger partial charge in [0.1, 0.15) is 0 Å². The molecule has 1 aromatic rings. The molecule has 2 N–H and O–H groups in total. The number of rotatable bonds is 1. The third-order valence-electron chi connectivity index (χ3n) is 2.44. The van der Waals surface area contributed by atoms with Gasteiger partial charge in [0.05, 0.1) is 0 Å². The highest BCUT2D eigenvalue weighted by Gasteiger charge is 2.47. The van der Waals surface area contributed by atoms with Gasteiger partial charge in [0.25, 0.3) is 0 Å². The Kier molecular flexibility index (Phi) is 2.55. The van der Waals surface area contributed by atoms with E-state index >= 15 is 0 Å². The fraction of sp³-hybridized carbons (Fsp3) is 0.200. The maximum absolute atomic E-state index is 13.7. The molecule has 1 aromatic carbocycles. The number of amides is 1. The molecule has 1 heterocycles. The summed E-state index contributed by atoms with van der Waals surface area (Å²) < 4.78 is 27.5. The van der Waals surface area contributed by atoms with E-state index in [0.717, 1.165) is 0 Å². The molecule has 90 valence electrons. The Balaban J connectivity index is 2.25. The quantitative estimate of drug-likeness (QED) is 0.561. The Morgan fingerprint density at radius 3 is 2.59 bits per heavy atom. The summed E-state index contributed by atoms with van der Waals surface area (Å²) in [6.07, 6.45) is 0. The zero-order valence-corrected chi connectivity index (χ0v) is 8.48. The highest BCUT2D eigenvalue weighted by molar-refractivity contribution is 6.31. The SMILES string of the molecule is O=C(O)C(=O)NN1Cc2ccccc2C1(F)F. The van der Waals surface area contributed by atoms with E-state index in [4.69, 9.17) is 5.11 Å². The molecule has 5 nitrogen and oxygen atoms in total. The molecule has 0 radical (unpaired) electrons. The van der Waals surface area contributed by atoms with Crippen LogP contribution in [0.25, 0.3) is 0 Å². The molecule has 0 spiro atoms. The van der Waals surface area contributed by atoms with Crippen molar-refractivity contribution < 1.29 is 23.5 Å². The monoisotopic (exact) mass is 242 g/mol. The summed E-state index contributed by atoms with van der Waals surface area (Å²) in [5, 5.41) is 8.66. The molecule has 0 saturated carbocycles. The van der Waals surface area contributed by atoms with Crippen LogP contribution >= 0.6 is 0 Å². The van der Waals surface area contributed by atoms with Gasteiger partial charge in [-0.05, 0) is 5.56 Å². The van der Waals surface area contributed by atoms with E-state index in [1.54, 1.807) is 11.5 Å². The van der Waals surface area contributed by atoms with Crippen molar-refractivity contribution in [1.82, 2.24) is 10.4 Å². The molecule has 7 heteroatoms. The third-order valence-corrected chi connectivity index (χ3v) is 2.44. The molecule has 2 rings (SSSR count). The Hall–Kier alpha value is -2.02. The summed E-state index contributed by atoms with van der Waals surface area (Å²) in [4.78, 5) is 21.1. The van der Waals surface area contributed by atoms with Crippen molar-refractivity contribution in [3.8, 4) is 0 Å². The Morgan fingerprint density at radius 1 is 1.35 bits per heavy atom. The predicted molar refractivity (Wildman–Crippen MR) is 51.7 cm³/mol. The average molecular weight is 242 g/mol. The molecule has 0 fully saturated rings. The molecule has 17 heavy (non-hydrogen) atoms. The first-order chi connectivity index (χ1) is 7.93. The van der Waals surface area contributed by atoms with Gasteiger partial charge in [-0.2, -0.15) is 8.78 Å². The number of carboxylic acids is 1. The van der Waals surface area contributed by atoms with Gasteiger partial charge in [0.2, 0.25) is 0 Å². The molecule has 0 bridgehead atoms. The summed E-state index contributed by atoms with van der Waals surface area (Å²) in [6.45, 7) is -0.234. The number of nitrogens with zero attached hydrogens (tertiary/aromatic N) is 1. The lowest BCUT2D eigenvalue weighted by molar-refractivity contribution is -0.182. The van der Waals surface area contributed by atoms with Crippen LogP contribution in [0, 0.1) is 0 Å². The zero-order valence-electron chi connectivity index (χ0n) is 8.48. The largest absolute Gasteiger partial charge is 0.474 e. The van der Waals surface area contributed by atoms with Gasteiger partial charge in [0.15, 0.2) is 0 Å². The Labute approximate surface area is 94.6 Å². The van der Waals surface area contributed by atoms with E-state index in [-0.39, 0.29) is 12.1 Å². The van der Waals surface area contributed by atoms with Crippen molar-refractivity contribution in [2.75, 3.05) is 0 Å². The standard InChI is InChI=1S/C10H8F2N2O3/c11-10(12)7-4-2-1-3-6(7)5-14(10)13-8(15)9(16)17/h1-4H,5H2,(H,13,15)(H,16,17). The van der Waals surface area contributed by atoms with Crippen LogP contribution in [0.3, 0.4) is 0 Å². The summed E-state index contributed by atoms with van der Waals surface area (Å²) in [6, 6.07) is 2.38. The van der Waals surface area contributed by atoms with E-state index in [1.807, 2.05) is 0 Å².